The summed E-state index contributed by atoms with van der Waals surface area (Å²) in [5, 5.41) is 11.8. The number of hydrogen-bond donors (Lipinski definition) is 2. The van der Waals surface area contributed by atoms with E-state index in [9.17, 15) is 14.7 Å². The monoisotopic (exact) mass is 319 g/mol. The first-order valence-electron chi connectivity index (χ1n) is 7.02. The molecule has 1 aliphatic rings. The summed E-state index contributed by atoms with van der Waals surface area (Å²) in [6.07, 6.45) is -2.77. The van der Waals surface area contributed by atoms with Gasteiger partial charge in [-0.3, -0.25) is 0 Å². The average molecular weight is 319 g/mol. The molecule has 0 unspecified atom stereocenters. The summed E-state index contributed by atoms with van der Waals surface area (Å²) >= 11 is 0. The quantitative estimate of drug-likeness (QED) is 0.783. The first-order valence-corrected chi connectivity index (χ1v) is 7.02. The molecule has 1 rings (SSSR count). The van der Waals surface area contributed by atoms with E-state index in [-0.39, 0.29) is 6.61 Å². The second-order valence-electron chi connectivity index (χ2n) is 6.57. The number of carbonyl (C=O) groups is 2. The van der Waals surface area contributed by atoms with Gasteiger partial charge in [-0.15, -0.1) is 0 Å². The van der Waals surface area contributed by atoms with Crippen molar-refractivity contribution in [2.45, 2.75) is 64.3 Å². The van der Waals surface area contributed by atoms with E-state index < -0.39 is 41.7 Å². The lowest BCUT2D eigenvalue weighted by Crippen LogP contribution is -2.52. The zero-order chi connectivity index (χ0) is 17.1. The fraction of sp³-hybridized carbons (Fsp3) is 0.857. The first-order chi connectivity index (χ1) is 9.95. The van der Waals surface area contributed by atoms with Crippen LogP contribution >= 0.6 is 0 Å². The first kappa shape index (κ1) is 18.7. The molecule has 0 aromatic heterocycles. The van der Waals surface area contributed by atoms with Gasteiger partial charge in [0.25, 0.3) is 0 Å². The lowest BCUT2D eigenvalue weighted by molar-refractivity contribution is -0.166. The molecular formula is C14H25NO7. The Morgan fingerprint density at radius 1 is 1.32 bits per heavy atom. The molecule has 3 atom stereocenters. The third-order valence-electron chi connectivity index (χ3n) is 2.82. The zero-order valence-corrected chi connectivity index (χ0v) is 13.8. The molecule has 2 N–H and O–H groups in total. The maximum absolute atomic E-state index is 11.9. The van der Waals surface area contributed by atoms with Crippen molar-refractivity contribution in [2.24, 2.45) is 0 Å². The number of aliphatic carboxylic acids is 1. The predicted molar refractivity (Wildman–Crippen MR) is 76.5 cm³/mol. The average Bonchev–Trinajstić information content (AvgIpc) is 2.62. The maximum atomic E-state index is 11.9. The van der Waals surface area contributed by atoms with E-state index >= 15 is 0 Å². The van der Waals surface area contributed by atoms with Gasteiger partial charge >= 0.3 is 12.1 Å². The number of carboxylic acid groups (broad SMARTS) is 1. The van der Waals surface area contributed by atoms with Crippen LogP contribution in [-0.2, 0) is 23.7 Å². The Kier molecular flexibility index (Phi) is 5.77. The van der Waals surface area contributed by atoms with Crippen molar-refractivity contribution in [1.29, 1.82) is 0 Å². The molecule has 0 saturated carbocycles. The highest BCUT2D eigenvalue weighted by Crippen LogP contribution is 2.30. The van der Waals surface area contributed by atoms with Crippen LogP contribution in [0.1, 0.15) is 34.6 Å². The third-order valence-corrected chi connectivity index (χ3v) is 2.82. The molecular weight excluding hydrogens is 294 g/mol. The molecule has 0 aromatic carbocycles. The van der Waals surface area contributed by atoms with Crippen molar-refractivity contribution in [1.82, 2.24) is 5.32 Å². The Morgan fingerprint density at radius 2 is 1.91 bits per heavy atom. The molecule has 22 heavy (non-hydrogen) atoms. The number of methoxy groups -OCH3 is 1. The lowest BCUT2D eigenvalue weighted by Gasteiger charge is -2.27. The van der Waals surface area contributed by atoms with Crippen molar-refractivity contribution < 1.29 is 33.6 Å². The topological polar surface area (TPSA) is 103 Å². The second-order valence-corrected chi connectivity index (χ2v) is 6.57. The summed E-state index contributed by atoms with van der Waals surface area (Å²) in [5.41, 5.74) is -0.666. The molecule has 0 radical (unpaired) electrons. The minimum atomic E-state index is -1.20. The van der Waals surface area contributed by atoms with Crippen molar-refractivity contribution in [3.63, 3.8) is 0 Å². The Bertz CT molecular complexity index is 416. The molecule has 1 aliphatic heterocycles. The number of ether oxygens (including phenoxy) is 4. The van der Waals surface area contributed by atoms with Gasteiger partial charge in [0, 0.05) is 7.11 Å². The van der Waals surface area contributed by atoms with Crippen LogP contribution in [-0.4, -0.2) is 60.5 Å². The van der Waals surface area contributed by atoms with E-state index in [1.165, 1.54) is 7.11 Å². The molecule has 8 heteroatoms. The highest BCUT2D eigenvalue weighted by atomic mass is 16.8. The summed E-state index contributed by atoms with van der Waals surface area (Å²) < 4.78 is 21.2. The fourth-order valence-electron chi connectivity index (χ4n) is 2.13. The maximum Gasteiger partial charge on any atom is 0.408 e. The number of amides is 1. The van der Waals surface area contributed by atoms with Gasteiger partial charge in [-0.05, 0) is 34.6 Å². The van der Waals surface area contributed by atoms with Crippen molar-refractivity contribution >= 4 is 12.1 Å². The van der Waals surface area contributed by atoms with Crippen LogP contribution in [0.3, 0.4) is 0 Å². The third kappa shape index (κ3) is 5.43. The summed E-state index contributed by atoms with van der Waals surface area (Å²) in [6.45, 7) is 8.48. The van der Waals surface area contributed by atoms with E-state index in [0.29, 0.717) is 0 Å². The standard InChI is InChI=1S/C14H25NO7/c1-13(2,3)22-12(18)15-8(7-19-6)9-10(11(16)17)21-14(4,5)20-9/h8-10H,7H2,1-6H3,(H,15,18)(H,16,17)/t8-,9-,10-/m1/s1. The van der Waals surface area contributed by atoms with E-state index in [4.69, 9.17) is 18.9 Å². The van der Waals surface area contributed by atoms with Crippen molar-refractivity contribution in [3.8, 4) is 0 Å². The van der Waals surface area contributed by atoms with Crippen LogP contribution in [0.5, 0.6) is 0 Å². The summed E-state index contributed by atoms with van der Waals surface area (Å²) in [4.78, 5) is 23.2. The van der Waals surface area contributed by atoms with Gasteiger partial charge in [0.15, 0.2) is 11.9 Å². The summed E-state index contributed by atoms with van der Waals surface area (Å²) in [5.74, 6) is -2.22. The van der Waals surface area contributed by atoms with Gasteiger partial charge < -0.3 is 29.4 Å². The predicted octanol–water partition coefficient (Wildman–Crippen LogP) is 1.13. The number of carboxylic acids is 1. The Balaban J connectivity index is 2.85. The largest absolute Gasteiger partial charge is 0.479 e. The molecule has 1 saturated heterocycles. The van der Waals surface area contributed by atoms with Crippen LogP contribution in [0.4, 0.5) is 4.79 Å². The Hall–Kier alpha value is -1.38. The van der Waals surface area contributed by atoms with Gasteiger partial charge in [-0.2, -0.15) is 0 Å². The molecule has 1 amide bonds. The van der Waals surface area contributed by atoms with Crippen LogP contribution in [0.25, 0.3) is 0 Å². The lowest BCUT2D eigenvalue weighted by atomic mass is 10.1. The molecule has 0 bridgehead atoms. The Labute approximate surface area is 130 Å². The van der Waals surface area contributed by atoms with E-state index in [1.807, 2.05) is 0 Å². The summed E-state index contributed by atoms with van der Waals surface area (Å²) in [7, 11) is 1.44. The second kappa shape index (κ2) is 6.80. The number of rotatable bonds is 5. The smallest absolute Gasteiger partial charge is 0.408 e. The number of alkyl carbamates (subject to hydrolysis) is 1. The van der Waals surface area contributed by atoms with Gasteiger partial charge in [0.1, 0.15) is 11.7 Å². The van der Waals surface area contributed by atoms with Gasteiger partial charge in [0.2, 0.25) is 0 Å². The van der Waals surface area contributed by atoms with Crippen molar-refractivity contribution in [3.05, 3.63) is 0 Å². The molecule has 128 valence electrons. The van der Waals surface area contributed by atoms with Gasteiger partial charge in [0.05, 0.1) is 12.6 Å². The molecule has 1 fully saturated rings. The normalized spacial score (nSPS) is 25.5. The van der Waals surface area contributed by atoms with Crippen molar-refractivity contribution in [2.75, 3.05) is 13.7 Å². The van der Waals surface area contributed by atoms with Gasteiger partial charge in [-0.1, -0.05) is 0 Å². The van der Waals surface area contributed by atoms with E-state index in [2.05, 4.69) is 5.32 Å². The molecule has 8 nitrogen and oxygen atoms in total. The van der Waals surface area contributed by atoms with E-state index in [1.54, 1.807) is 34.6 Å². The van der Waals surface area contributed by atoms with Crippen LogP contribution in [0.2, 0.25) is 0 Å². The van der Waals surface area contributed by atoms with E-state index in [0.717, 1.165) is 0 Å². The van der Waals surface area contributed by atoms with Crippen LogP contribution in [0.15, 0.2) is 0 Å². The molecule has 1 heterocycles. The van der Waals surface area contributed by atoms with Crippen LogP contribution < -0.4 is 5.32 Å². The number of nitrogens with one attached hydrogen (secondary N) is 1. The molecule has 0 aliphatic carbocycles. The summed E-state index contributed by atoms with van der Waals surface area (Å²) in [6, 6.07) is -0.720. The SMILES string of the molecule is COC[C@@H](NC(=O)OC(C)(C)C)[C@H]1OC(C)(C)O[C@H]1C(=O)O. The minimum absolute atomic E-state index is 0.0626. The zero-order valence-electron chi connectivity index (χ0n) is 13.8. The minimum Gasteiger partial charge on any atom is -0.479 e. The highest BCUT2D eigenvalue weighted by Gasteiger charge is 2.49. The molecule has 0 spiro atoms. The number of hydrogen-bond acceptors (Lipinski definition) is 6. The Morgan fingerprint density at radius 3 is 2.36 bits per heavy atom. The van der Waals surface area contributed by atoms with Gasteiger partial charge in [-0.25, -0.2) is 9.59 Å². The van der Waals surface area contributed by atoms with Crippen LogP contribution in [0, 0.1) is 0 Å². The fourth-order valence-corrected chi connectivity index (χ4v) is 2.13. The number of carbonyl (C=O) groups excluding carboxylic acids is 1. The molecule has 0 aromatic rings. The highest BCUT2D eigenvalue weighted by molar-refractivity contribution is 5.74.